The number of amides is 1. The molecule has 0 aliphatic carbocycles. The van der Waals surface area contributed by atoms with E-state index in [0.29, 0.717) is 32.8 Å². The largest absolute Gasteiger partial charge is 0.497 e. The molecule has 0 unspecified atom stereocenters. The van der Waals surface area contributed by atoms with Gasteiger partial charge in [0.25, 0.3) is 5.91 Å². The lowest BCUT2D eigenvalue weighted by Gasteiger charge is -2.16. The van der Waals surface area contributed by atoms with Gasteiger partial charge in [0, 0.05) is 10.0 Å². The number of nitriles is 1. The number of thioether (sulfide) groups is 1. The maximum atomic E-state index is 13.5. The molecule has 0 saturated carbocycles. The first-order valence-electron chi connectivity index (χ1n) is 10.9. The monoisotopic (exact) mass is 577 g/mol. The number of aromatic carboxylic acids is 1. The van der Waals surface area contributed by atoms with Crippen molar-refractivity contribution < 1.29 is 24.2 Å². The zero-order chi connectivity index (χ0) is 26.4. The molecule has 10 heteroatoms. The fourth-order valence-electron chi connectivity index (χ4n) is 3.45. The summed E-state index contributed by atoms with van der Waals surface area (Å²) in [4.78, 5) is 31.4. The molecular weight excluding hydrogens is 558 g/mol. The van der Waals surface area contributed by atoms with Gasteiger partial charge in [0.1, 0.15) is 17.6 Å². The van der Waals surface area contributed by atoms with Gasteiger partial charge in [0.05, 0.1) is 29.8 Å². The van der Waals surface area contributed by atoms with Gasteiger partial charge in [-0.05, 0) is 78.0 Å². The van der Waals surface area contributed by atoms with E-state index in [1.165, 1.54) is 23.9 Å². The summed E-state index contributed by atoms with van der Waals surface area (Å²) in [6.07, 6.45) is 1.71. The predicted molar refractivity (Wildman–Crippen MR) is 145 cm³/mol. The number of hydrogen-bond acceptors (Lipinski definition) is 7. The van der Waals surface area contributed by atoms with E-state index in [0.717, 1.165) is 10.0 Å². The van der Waals surface area contributed by atoms with Crippen LogP contribution in [0.4, 0.5) is 5.69 Å². The van der Waals surface area contributed by atoms with Crippen molar-refractivity contribution in [3.8, 4) is 17.6 Å². The van der Waals surface area contributed by atoms with Gasteiger partial charge in [-0.2, -0.15) is 5.26 Å². The van der Waals surface area contributed by atoms with E-state index < -0.39 is 5.97 Å². The molecule has 4 rings (SSSR count). The molecule has 1 aliphatic heterocycles. The van der Waals surface area contributed by atoms with Crippen LogP contribution >= 0.6 is 27.7 Å². The molecule has 0 radical (unpaired) electrons. The molecule has 1 N–H and O–H groups in total. The first-order valence-corrected chi connectivity index (χ1v) is 12.5. The quantitative estimate of drug-likeness (QED) is 0.333. The number of ether oxygens (including phenoxy) is 2. The van der Waals surface area contributed by atoms with Crippen LogP contribution in [0.2, 0.25) is 0 Å². The number of carbonyl (C=O) groups excluding carboxylic acids is 1. The third-order valence-corrected chi connectivity index (χ3v) is 6.78. The third-order valence-electron chi connectivity index (χ3n) is 5.28. The first-order chi connectivity index (χ1) is 17.9. The van der Waals surface area contributed by atoms with Crippen molar-refractivity contribution in [3.05, 3.63) is 92.8 Å². The number of carboxylic acid groups (broad SMARTS) is 1. The van der Waals surface area contributed by atoms with Crippen molar-refractivity contribution in [1.29, 1.82) is 5.26 Å². The highest BCUT2D eigenvalue weighted by atomic mass is 79.9. The molecule has 3 aromatic rings. The standard InChI is InChI=1S/C27H20BrN3O5S/c1-35-22-9-7-21(8-10-22)30-27-31(16-17-2-4-18(5-3-17)26(33)34)25(32)24(37-27)15-19-14-20(28)6-11-23(19)36-13-12-29/h2-11,14-15H,13,16H2,1H3,(H,33,34)/b24-15-,30-27?. The molecule has 3 aromatic carbocycles. The first kappa shape index (κ1) is 26.0. The van der Waals surface area contributed by atoms with Crippen molar-refractivity contribution in [2.24, 2.45) is 4.99 Å². The number of aliphatic imine (C=N–C) groups is 1. The van der Waals surface area contributed by atoms with E-state index in [4.69, 9.17) is 19.7 Å². The second-order valence-electron chi connectivity index (χ2n) is 7.73. The Kier molecular flexibility index (Phi) is 8.28. The van der Waals surface area contributed by atoms with Crippen LogP contribution in [0, 0.1) is 11.3 Å². The molecule has 1 fully saturated rings. The summed E-state index contributed by atoms with van der Waals surface area (Å²) in [6, 6.07) is 20.8. The minimum atomic E-state index is -1.02. The Balaban J connectivity index is 1.71. The molecule has 1 heterocycles. The molecule has 8 nitrogen and oxygen atoms in total. The molecule has 1 saturated heterocycles. The van der Waals surface area contributed by atoms with Gasteiger partial charge >= 0.3 is 5.97 Å². The van der Waals surface area contributed by atoms with E-state index in [1.807, 2.05) is 6.07 Å². The summed E-state index contributed by atoms with van der Waals surface area (Å²) >= 11 is 4.66. The lowest BCUT2D eigenvalue weighted by Crippen LogP contribution is -2.28. The lowest BCUT2D eigenvalue weighted by atomic mass is 10.1. The number of amidine groups is 1. The molecular formula is C27H20BrN3O5S. The highest BCUT2D eigenvalue weighted by Crippen LogP contribution is 2.37. The summed E-state index contributed by atoms with van der Waals surface area (Å²) in [5.41, 5.74) is 2.20. The normalized spacial score (nSPS) is 15.2. The van der Waals surface area contributed by atoms with Crippen LogP contribution in [0.15, 0.2) is 81.1 Å². The van der Waals surface area contributed by atoms with Gasteiger partial charge in [-0.3, -0.25) is 9.69 Å². The van der Waals surface area contributed by atoms with Crippen LogP contribution < -0.4 is 9.47 Å². The van der Waals surface area contributed by atoms with E-state index >= 15 is 0 Å². The second kappa shape index (κ2) is 11.8. The predicted octanol–water partition coefficient (Wildman–Crippen LogP) is 5.86. The number of methoxy groups -OCH3 is 1. The van der Waals surface area contributed by atoms with Crippen LogP contribution in [0.25, 0.3) is 6.08 Å². The molecule has 0 atom stereocenters. The highest BCUT2D eigenvalue weighted by molar-refractivity contribution is 9.10. The summed E-state index contributed by atoms with van der Waals surface area (Å²) < 4.78 is 11.5. The number of carbonyl (C=O) groups is 2. The summed E-state index contributed by atoms with van der Waals surface area (Å²) in [6.45, 7) is 0.0792. The maximum absolute atomic E-state index is 13.5. The van der Waals surface area contributed by atoms with Crippen molar-refractivity contribution in [2.45, 2.75) is 6.54 Å². The maximum Gasteiger partial charge on any atom is 0.335 e. The summed E-state index contributed by atoms with van der Waals surface area (Å²) in [5, 5.41) is 18.6. The number of carboxylic acids is 1. The van der Waals surface area contributed by atoms with Gasteiger partial charge in [0.15, 0.2) is 11.8 Å². The average Bonchev–Trinajstić information content (AvgIpc) is 3.17. The van der Waals surface area contributed by atoms with Crippen molar-refractivity contribution >= 4 is 56.5 Å². The van der Waals surface area contributed by atoms with Crippen LogP contribution in [0.3, 0.4) is 0 Å². The fraction of sp³-hybridized carbons (Fsp3) is 0.111. The minimum absolute atomic E-state index is 0.123. The molecule has 186 valence electrons. The van der Waals surface area contributed by atoms with Crippen molar-refractivity contribution in [3.63, 3.8) is 0 Å². The van der Waals surface area contributed by atoms with Crippen LogP contribution in [-0.2, 0) is 11.3 Å². The SMILES string of the molecule is COc1ccc(N=C2S/C(=C\c3cc(Br)ccc3OCC#N)C(=O)N2Cc2ccc(C(=O)O)cc2)cc1. The molecule has 1 amide bonds. The molecule has 0 aromatic heterocycles. The zero-order valence-corrected chi connectivity index (χ0v) is 22.0. The van der Waals surface area contributed by atoms with E-state index in [1.54, 1.807) is 72.7 Å². The van der Waals surface area contributed by atoms with Crippen LogP contribution in [-0.4, -0.2) is 40.8 Å². The number of halogens is 1. The topological polar surface area (TPSA) is 112 Å². The summed E-state index contributed by atoms with van der Waals surface area (Å²) in [5.74, 6) is -0.114. The Morgan fingerprint density at radius 1 is 1.16 bits per heavy atom. The van der Waals surface area contributed by atoms with Gasteiger partial charge in [-0.25, -0.2) is 9.79 Å². The van der Waals surface area contributed by atoms with Gasteiger partial charge in [-0.1, -0.05) is 28.1 Å². The Hall–Kier alpha value is -4.07. The number of rotatable bonds is 8. The lowest BCUT2D eigenvalue weighted by molar-refractivity contribution is -0.122. The molecule has 37 heavy (non-hydrogen) atoms. The molecule has 0 bridgehead atoms. The molecule has 0 spiro atoms. The van der Waals surface area contributed by atoms with E-state index in [2.05, 4.69) is 15.9 Å². The van der Waals surface area contributed by atoms with Gasteiger partial charge in [0.2, 0.25) is 0 Å². The van der Waals surface area contributed by atoms with Gasteiger partial charge in [-0.15, -0.1) is 0 Å². The Morgan fingerprint density at radius 2 is 1.89 bits per heavy atom. The number of hydrogen-bond donors (Lipinski definition) is 1. The zero-order valence-electron chi connectivity index (χ0n) is 19.6. The third kappa shape index (κ3) is 6.39. The van der Waals surface area contributed by atoms with Crippen molar-refractivity contribution in [2.75, 3.05) is 13.7 Å². The second-order valence-corrected chi connectivity index (χ2v) is 9.65. The van der Waals surface area contributed by atoms with Crippen LogP contribution in [0.1, 0.15) is 21.5 Å². The van der Waals surface area contributed by atoms with Gasteiger partial charge < -0.3 is 14.6 Å². The van der Waals surface area contributed by atoms with Crippen molar-refractivity contribution in [1.82, 2.24) is 4.90 Å². The average molecular weight is 578 g/mol. The fourth-order valence-corrected chi connectivity index (χ4v) is 4.82. The van der Waals surface area contributed by atoms with Crippen LogP contribution in [0.5, 0.6) is 11.5 Å². The Morgan fingerprint density at radius 3 is 2.54 bits per heavy atom. The highest BCUT2D eigenvalue weighted by Gasteiger charge is 2.34. The Labute approximate surface area is 226 Å². The Bertz CT molecular complexity index is 1430. The summed E-state index contributed by atoms with van der Waals surface area (Å²) in [7, 11) is 1.58. The number of benzene rings is 3. The molecule has 1 aliphatic rings. The van der Waals surface area contributed by atoms with E-state index in [9.17, 15) is 14.7 Å². The smallest absolute Gasteiger partial charge is 0.335 e. The number of nitrogens with zero attached hydrogens (tertiary/aromatic N) is 3. The van der Waals surface area contributed by atoms with E-state index in [-0.39, 0.29) is 24.6 Å². The minimum Gasteiger partial charge on any atom is -0.497 e.